The molecule has 0 bridgehead atoms. The summed E-state index contributed by atoms with van der Waals surface area (Å²) in [5.41, 5.74) is 20.9. The highest BCUT2D eigenvalue weighted by molar-refractivity contribution is 6.99. The van der Waals surface area contributed by atoms with Crippen molar-refractivity contribution < 1.29 is 0 Å². The van der Waals surface area contributed by atoms with Crippen LogP contribution in [0.1, 0.15) is 107 Å². The summed E-state index contributed by atoms with van der Waals surface area (Å²) < 4.78 is 5.55. The maximum Gasteiger partial charge on any atom is 0.294 e. The summed E-state index contributed by atoms with van der Waals surface area (Å²) in [4.78, 5) is 5.73. The summed E-state index contributed by atoms with van der Waals surface area (Å²) in [6.07, 6.45) is 16.3. The molecule has 2 aliphatic heterocycles. The van der Waals surface area contributed by atoms with Gasteiger partial charge in [0.2, 0.25) is 0 Å². The molecule has 0 amide bonds. The first kappa shape index (κ1) is 30.7. The Hall–Kier alpha value is -4.12. The molecule has 0 unspecified atom stereocenters. The molecule has 0 radical (unpaired) electrons. The summed E-state index contributed by atoms with van der Waals surface area (Å²) >= 11 is 0. The van der Waals surface area contributed by atoms with E-state index in [1.54, 1.807) is 28.2 Å². The molecule has 5 aromatic rings. The SMILES string of the molecule is Cc1cc2c3c(c1)N(C(C)(C)C)c1c4c(n(-c5ccccc5)c1B3c1c(c3c(n1-c1ccccc1)CCCC3)N2C1CCCCC1)CCCC4. The molecular formula is C45H51BN4. The van der Waals surface area contributed by atoms with E-state index in [0.717, 1.165) is 19.3 Å². The molecule has 4 nitrogen and oxygen atoms in total. The van der Waals surface area contributed by atoms with Crippen LogP contribution in [0.5, 0.6) is 0 Å². The molecule has 0 atom stereocenters. The number of aromatic nitrogens is 2. The zero-order valence-electron chi connectivity index (χ0n) is 30.6. The summed E-state index contributed by atoms with van der Waals surface area (Å²) in [6.45, 7) is 9.82. The van der Waals surface area contributed by atoms with Crippen molar-refractivity contribution in [3.05, 3.63) is 101 Å². The lowest BCUT2D eigenvalue weighted by Crippen LogP contribution is -2.67. The van der Waals surface area contributed by atoms with E-state index in [4.69, 9.17) is 0 Å². The molecule has 5 aliphatic rings. The van der Waals surface area contributed by atoms with E-state index in [2.05, 4.69) is 119 Å². The topological polar surface area (TPSA) is 16.3 Å². The minimum atomic E-state index is -0.0913. The Balaban J connectivity index is 1.40. The average Bonchev–Trinajstić information content (AvgIpc) is 3.65. The van der Waals surface area contributed by atoms with Gasteiger partial charge in [0.25, 0.3) is 6.71 Å². The first-order valence-corrected chi connectivity index (χ1v) is 19.8. The summed E-state index contributed by atoms with van der Waals surface area (Å²) in [5, 5.41) is 0. The van der Waals surface area contributed by atoms with Crippen LogP contribution in [0, 0.1) is 6.92 Å². The summed E-state index contributed by atoms with van der Waals surface area (Å²) in [6, 6.07) is 28.5. The molecule has 2 aromatic heterocycles. The van der Waals surface area contributed by atoms with Crippen molar-refractivity contribution in [2.24, 2.45) is 0 Å². The third-order valence-electron chi connectivity index (χ3n) is 12.7. The number of benzene rings is 3. The van der Waals surface area contributed by atoms with Crippen molar-refractivity contribution in [2.75, 3.05) is 9.80 Å². The highest BCUT2D eigenvalue weighted by atomic mass is 15.3. The van der Waals surface area contributed by atoms with E-state index in [-0.39, 0.29) is 12.3 Å². The third kappa shape index (κ3) is 4.37. The largest absolute Gasteiger partial charge is 0.338 e. The number of aryl methyl sites for hydroxylation is 1. The second kappa shape index (κ2) is 11.5. The number of nitrogens with zero attached hydrogens (tertiary/aromatic N) is 4. The molecular weight excluding hydrogens is 607 g/mol. The van der Waals surface area contributed by atoms with Crippen LogP contribution in [0.4, 0.5) is 22.7 Å². The molecule has 3 aromatic carbocycles. The molecule has 1 saturated carbocycles. The van der Waals surface area contributed by atoms with Crippen LogP contribution in [0.25, 0.3) is 11.4 Å². The van der Waals surface area contributed by atoms with E-state index < -0.39 is 0 Å². The number of hydrogen-bond donors (Lipinski definition) is 0. The molecule has 254 valence electrons. The van der Waals surface area contributed by atoms with Crippen molar-refractivity contribution in [3.8, 4) is 11.4 Å². The zero-order valence-corrected chi connectivity index (χ0v) is 30.6. The van der Waals surface area contributed by atoms with Gasteiger partial charge in [-0.3, -0.25) is 0 Å². The average molecular weight is 659 g/mol. The Morgan fingerprint density at radius 3 is 1.70 bits per heavy atom. The Morgan fingerprint density at radius 2 is 1.12 bits per heavy atom. The number of fused-ring (bicyclic) bond motifs is 8. The third-order valence-corrected chi connectivity index (χ3v) is 12.7. The second-order valence-corrected chi connectivity index (χ2v) is 16.9. The maximum atomic E-state index is 2.93. The molecule has 0 N–H and O–H groups in total. The predicted octanol–water partition coefficient (Wildman–Crippen LogP) is 8.88. The fourth-order valence-corrected chi connectivity index (χ4v) is 10.9. The quantitative estimate of drug-likeness (QED) is 0.180. The van der Waals surface area contributed by atoms with Crippen molar-refractivity contribution in [3.63, 3.8) is 0 Å². The van der Waals surface area contributed by atoms with Crippen molar-refractivity contribution in [2.45, 2.75) is 123 Å². The van der Waals surface area contributed by atoms with Gasteiger partial charge in [-0.2, -0.15) is 0 Å². The molecule has 5 heteroatoms. The van der Waals surface area contributed by atoms with Crippen molar-refractivity contribution >= 4 is 46.1 Å². The molecule has 0 spiro atoms. The van der Waals surface area contributed by atoms with Gasteiger partial charge in [0.1, 0.15) is 0 Å². The van der Waals surface area contributed by atoms with Crippen LogP contribution in [-0.2, 0) is 25.7 Å². The van der Waals surface area contributed by atoms with Crippen LogP contribution in [0.2, 0.25) is 0 Å². The minimum Gasteiger partial charge on any atom is -0.338 e. The van der Waals surface area contributed by atoms with Gasteiger partial charge in [0, 0.05) is 56.9 Å². The fourth-order valence-electron chi connectivity index (χ4n) is 10.9. The van der Waals surface area contributed by atoms with E-state index >= 15 is 0 Å². The van der Waals surface area contributed by atoms with Crippen molar-refractivity contribution in [1.82, 2.24) is 9.13 Å². The molecule has 4 heterocycles. The van der Waals surface area contributed by atoms with Gasteiger partial charge in [0.05, 0.1) is 11.4 Å². The van der Waals surface area contributed by atoms with Crippen LogP contribution in [-0.4, -0.2) is 27.4 Å². The highest BCUT2D eigenvalue weighted by Crippen LogP contribution is 2.49. The van der Waals surface area contributed by atoms with E-state index in [1.807, 2.05) is 0 Å². The smallest absolute Gasteiger partial charge is 0.294 e. The van der Waals surface area contributed by atoms with E-state index in [0.29, 0.717) is 6.04 Å². The summed E-state index contributed by atoms with van der Waals surface area (Å²) in [7, 11) is 0. The second-order valence-electron chi connectivity index (χ2n) is 16.9. The van der Waals surface area contributed by atoms with E-state index in [9.17, 15) is 0 Å². The Labute approximate surface area is 299 Å². The molecule has 1 fully saturated rings. The monoisotopic (exact) mass is 658 g/mol. The minimum absolute atomic E-state index is 0.0913. The van der Waals surface area contributed by atoms with Crippen LogP contribution >= 0.6 is 0 Å². The van der Waals surface area contributed by atoms with Crippen molar-refractivity contribution in [1.29, 1.82) is 0 Å². The Kier molecular flexibility index (Phi) is 7.03. The number of anilines is 4. The Morgan fingerprint density at radius 1 is 0.600 bits per heavy atom. The predicted molar refractivity (Wildman–Crippen MR) is 212 cm³/mol. The lowest BCUT2D eigenvalue weighted by Gasteiger charge is -2.49. The molecule has 10 rings (SSSR count). The molecule has 3 aliphatic carbocycles. The van der Waals surface area contributed by atoms with Gasteiger partial charge in [0.15, 0.2) is 0 Å². The van der Waals surface area contributed by atoms with Gasteiger partial charge in [-0.1, -0.05) is 55.7 Å². The number of para-hydroxylation sites is 2. The summed E-state index contributed by atoms with van der Waals surface area (Å²) in [5.74, 6) is 0. The van der Waals surface area contributed by atoms with Gasteiger partial charge >= 0.3 is 0 Å². The van der Waals surface area contributed by atoms with Crippen LogP contribution in [0.15, 0.2) is 72.8 Å². The highest BCUT2D eigenvalue weighted by Gasteiger charge is 2.52. The van der Waals surface area contributed by atoms with E-state index in [1.165, 1.54) is 115 Å². The lowest BCUT2D eigenvalue weighted by atomic mass is 9.36. The lowest BCUT2D eigenvalue weighted by molar-refractivity contribution is 0.435. The number of rotatable bonds is 3. The van der Waals surface area contributed by atoms with Crippen LogP contribution < -0.4 is 26.4 Å². The normalized spacial score (nSPS) is 18.4. The number of hydrogen-bond acceptors (Lipinski definition) is 2. The molecule has 0 saturated heterocycles. The van der Waals surface area contributed by atoms with Gasteiger partial charge in [-0.25, -0.2) is 0 Å². The zero-order chi connectivity index (χ0) is 33.7. The van der Waals surface area contributed by atoms with Gasteiger partial charge < -0.3 is 18.9 Å². The molecule has 50 heavy (non-hydrogen) atoms. The standard InChI is InChI=1S/C45H51BN4/c1-30-28-38-40-39(29-30)50(45(2,3)4)42-35-25-15-17-27-37(35)49(33-22-12-7-13-23-33)44(42)46(40)43-41(47(38)31-18-8-5-9-19-31)34-24-14-16-26-36(34)48(43)32-20-10-6-11-21-32/h6-7,10-13,20-23,28-29,31H,5,8-9,14-19,24-27H2,1-4H3. The Bertz CT molecular complexity index is 2110. The maximum absolute atomic E-state index is 2.93. The van der Waals surface area contributed by atoms with Gasteiger partial charge in [-0.15, -0.1) is 0 Å². The first-order chi connectivity index (χ1) is 24.4. The van der Waals surface area contributed by atoms with Gasteiger partial charge in [-0.05, 0) is 150 Å². The van der Waals surface area contributed by atoms with Crippen LogP contribution in [0.3, 0.4) is 0 Å². The fraction of sp³-hybridized carbons (Fsp3) is 0.422. The first-order valence-electron chi connectivity index (χ1n) is 19.8.